The molecule has 36 heavy (non-hydrogen) atoms. The minimum absolute atomic E-state index is 0.000148. The largest absolute Gasteiger partial charge is 0.504 e. The fourth-order valence-corrected chi connectivity index (χ4v) is 5.28. The fraction of sp³-hybridized carbons (Fsp3) is 0.538. The van der Waals surface area contributed by atoms with Crippen LogP contribution in [0.4, 0.5) is 0 Å². The highest BCUT2D eigenvalue weighted by Gasteiger charge is 2.45. The maximum Gasteiger partial charge on any atom is 0.186 e. The first-order valence-corrected chi connectivity index (χ1v) is 11.9. The molecular formula is C26H34O10. The molecule has 10 heteroatoms. The summed E-state index contributed by atoms with van der Waals surface area (Å²) in [5.74, 6) is 0.193. The number of benzene rings is 2. The number of ether oxygens (including phenoxy) is 4. The molecule has 2 aromatic rings. The molecular weight excluding hydrogens is 472 g/mol. The van der Waals surface area contributed by atoms with Gasteiger partial charge in [0.15, 0.2) is 17.8 Å². The monoisotopic (exact) mass is 506 g/mol. The Labute approximate surface area is 209 Å². The molecule has 4 rings (SSSR count). The number of phenolic OH excluding ortho intramolecular Hbond substituents is 1. The van der Waals surface area contributed by atoms with E-state index >= 15 is 0 Å². The first-order chi connectivity index (χ1) is 17.3. The highest BCUT2D eigenvalue weighted by atomic mass is 16.7. The van der Waals surface area contributed by atoms with Gasteiger partial charge in [0.05, 0.1) is 27.4 Å². The third kappa shape index (κ3) is 5.03. The van der Waals surface area contributed by atoms with E-state index in [-0.39, 0.29) is 36.7 Å². The maximum absolute atomic E-state index is 10.4. The number of hydrogen-bond acceptors (Lipinski definition) is 10. The Balaban J connectivity index is 1.69. The maximum atomic E-state index is 10.4. The highest BCUT2D eigenvalue weighted by Crippen LogP contribution is 2.46. The Kier molecular flexibility index (Phi) is 8.36. The third-order valence-electron chi connectivity index (χ3n) is 7.30. The van der Waals surface area contributed by atoms with Gasteiger partial charge in [-0.2, -0.15) is 0 Å². The van der Waals surface area contributed by atoms with E-state index in [1.165, 1.54) is 7.11 Å². The lowest BCUT2D eigenvalue weighted by Crippen LogP contribution is -2.59. The average molecular weight is 507 g/mol. The van der Waals surface area contributed by atoms with Crippen molar-refractivity contribution in [3.63, 3.8) is 0 Å². The summed E-state index contributed by atoms with van der Waals surface area (Å²) in [6.45, 7) is -0.656. The molecule has 0 amide bonds. The second kappa shape index (κ2) is 11.3. The number of phenols is 1. The zero-order valence-corrected chi connectivity index (χ0v) is 20.2. The van der Waals surface area contributed by atoms with Crippen molar-refractivity contribution < 1.29 is 49.6 Å². The van der Waals surface area contributed by atoms with Crippen molar-refractivity contribution >= 4 is 0 Å². The number of aromatic hydroxyl groups is 1. The van der Waals surface area contributed by atoms with Crippen LogP contribution in [0.1, 0.15) is 22.6 Å². The predicted molar refractivity (Wildman–Crippen MR) is 127 cm³/mol. The van der Waals surface area contributed by atoms with E-state index in [1.54, 1.807) is 25.3 Å². The van der Waals surface area contributed by atoms with E-state index in [1.807, 2.05) is 18.2 Å². The molecule has 1 aliphatic carbocycles. The Morgan fingerprint density at radius 2 is 1.69 bits per heavy atom. The van der Waals surface area contributed by atoms with E-state index < -0.39 is 37.3 Å². The van der Waals surface area contributed by atoms with Gasteiger partial charge in [0, 0.05) is 12.5 Å². The van der Waals surface area contributed by atoms with Gasteiger partial charge in [-0.25, -0.2) is 0 Å². The molecule has 2 aromatic carbocycles. The minimum Gasteiger partial charge on any atom is -0.504 e. The Bertz CT molecular complexity index is 1030. The Morgan fingerprint density at radius 3 is 2.36 bits per heavy atom. The van der Waals surface area contributed by atoms with Crippen molar-refractivity contribution in [2.45, 2.75) is 43.0 Å². The van der Waals surface area contributed by atoms with E-state index in [2.05, 4.69) is 0 Å². The molecule has 10 nitrogen and oxygen atoms in total. The van der Waals surface area contributed by atoms with Gasteiger partial charge >= 0.3 is 0 Å². The lowest BCUT2D eigenvalue weighted by atomic mass is 9.67. The van der Waals surface area contributed by atoms with Gasteiger partial charge < -0.3 is 49.6 Å². The van der Waals surface area contributed by atoms with E-state index in [4.69, 9.17) is 18.9 Å². The number of fused-ring (bicyclic) bond motifs is 1. The first-order valence-electron chi connectivity index (χ1n) is 11.9. The van der Waals surface area contributed by atoms with Gasteiger partial charge in [-0.1, -0.05) is 12.1 Å². The van der Waals surface area contributed by atoms with Crippen LogP contribution in [0.25, 0.3) is 0 Å². The van der Waals surface area contributed by atoms with Crippen LogP contribution in [0.15, 0.2) is 36.4 Å². The summed E-state index contributed by atoms with van der Waals surface area (Å²) in [6.07, 6.45) is -6.37. The number of aliphatic hydroxyl groups is 5. The van der Waals surface area contributed by atoms with Gasteiger partial charge in [0.25, 0.3) is 0 Å². The summed E-state index contributed by atoms with van der Waals surface area (Å²) >= 11 is 0. The predicted octanol–water partition coefficient (Wildman–Crippen LogP) is 0.139. The standard InChI is InChI=1S/C26H34O10/c1-33-16-4-5-17-14(8-16)7-15(10-27)18(22(17)13-3-6-19(29)20(9-13)34-2)12-35-26-25(32)24(31)23(30)21(11-28)36-26/h3-6,8-9,15,18,21-32H,7,10-12H2,1-2H3/t15-,18-,21-,22-,23-,24+,25-,26-/m1/s1. The zero-order valence-electron chi connectivity index (χ0n) is 20.2. The van der Waals surface area contributed by atoms with Gasteiger partial charge in [-0.05, 0) is 59.2 Å². The van der Waals surface area contributed by atoms with E-state index in [0.29, 0.717) is 17.9 Å². The van der Waals surface area contributed by atoms with Crippen LogP contribution >= 0.6 is 0 Å². The van der Waals surface area contributed by atoms with Crippen LogP contribution in [0.2, 0.25) is 0 Å². The summed E-state index contributed by atoms with van der Waals surface area (Å²) in [7, 11) is 3.06. The molecule has 0 unspecified atom stereocenters. The molecule has 1 saturated heterocycles. The summed E-state index contributed by atoms with van der Waals surface area (Å²) in [4.78, 5) is 0. The summed E-state index contributed by atoms with van der Waals surface area (Å²) < 4.78 is 22.2. The lowest BCUT2D eigenvalue weighted by molar-refractivity contribution is -0.304. The highest BCUT2D eigenvalue weighted by molar-refractivity contribution is 5.49. The molecule has 1 aliphatic heterocycles. The van der Waals surface area contributed by atoms with Crippen molar-refractivity contribution in [3.05, 3.63) is 53.1 Å². The molecule has 2 aliphatic rings. The summed E-state index contributed by atoms with van der Waals surface area (Å²) in [5.41, 5.74) is 2.83. The minimum atomic E-state index is -1.55. The van der Waals surface area contributed by atoms with Gasteiger partial charge in [0.1, 0.15) is 30.2 Å². The molecule has 0 radical (unpaired) electrons. The molecule has 0 bridgehead atoms. The third-order valence-corrected chi connectivity index (χ3v) is 7.30. The number of rotatable bonds is 8. The molecule has 1 fully saturated rings. The molecule has 8 atom stereocenters. The van der Waals surface area contributed by atoms with Crippen LogP contribution < -0.4 is 9.47 Å². The van der Waals surface area contributed by atoms with Gasteiger partial charge in [-0.3, -0.25) is 0 Å². The van der Waals surface area contributed by atoms with Crippen molar-refractivity contribution in [3.8, 4) is 17.2 Å². The molecule has 1 heterocycles. The number of methoxy groups -OCH3 is 2. The molecule has 0 spiro atoms. The fourth-order valence-electron chi connectivity index (χ4n) is 5.28. The summed E-state index contributed by atoms with van der Waals surface area (Å²) in [5, 5.41) is 60.6. The zero-order chi connectivity index (χ0) is 26.0. The lowest BCUT2D eigenvalue weighted by Gasteiger charge is -2.43. The van der Waals surface area contributed by atoms with E-state index in [0.717, 1.165) is 16.7 Å². The Morgan fingerprint density at radius 1 is 0.917 bits per heavy atom. The number of aliphatic hydroxyl groups excluding tert-OH is 5. The second-order valence-electron chi connectivity index (χ2n) is 9.31. The van der Waals surface area contributed by atoms with Crippen LogP contribution in [0, 0.1) is 11.8 Å². The van der Waals surface area contributed by atoms with Crippen LogP contribution in [0.5, 0.6) is 17.2 Å². The SMILES string of the molecule is COc1ccc2c(c1)C[C@H](CO)[C@@H](CO[C@@H]1O[C@H](CO)[C@@H](O)[C@H](O)[C@H]1O)[C@@H]2c1ccc(O)c(OC)c1. The second-order valence-corrected chi connectivity index (χ2v) is 9.31. The van der Waals surface area contributed by atoms with Crippen molar-refractivity contribution in [1.82, 2.24) is 0 Å². The smallest absolute Gasteiger partial charge is 0.186 e. The average Bonchev–Trinajstić information content (AvgIpc) is 2.90. The van der Waals surface area contributed by atoms with Crippen LogP contribution in [-0.4, -0.2) is 95.4 Å². The van der Waals surface area contributed by atoms with Gasteiger partial charge in [-0.15, -0.1) is 0 Å². The Hall–Kier alpha value is -2.44. The summed E-state index contributed by atoms with van der Waals surface area (Å²) in [6, 6.07) is 10.9. The topological polar surface area (TPSA) is 158 Å². The normalized spacial score (nSPS) is 32.1. The van der Waals surface area contributed by atoms with E-state index in [9.17, 15) is 30.6 Å². The molecule has 198 valence electrons. The van der Waals surface area contributed by atoms with Crippen molar-refractivity contribution in [2.24, 2.45) is 11.8 Å². The first kappa shape index (κ1) is 26.6. The van der Waals surface area contributed by atoms with Crippen LogP contribution in [-0.2, 0) is 15.9 Å². The van der Waals surface area contributed by atoms with Gasteiger partial charge in [0.2, 0.25) is 0 Å². The van der Waals surface area contributed by atoms with Crippen molar-refractivity contribution in [2.75, 3.05) is 34.0 Å². The van der Waals surface area contributed by atoms with Crippen LogP contribution in [0.3, 0.4) is 0 Å². The molecule has 0 aromatic heterocycles. The molecule has 0 saturated carbocycles. The van der Waals surface area contributed by atoms with Crippen molar-refractivity contribution in [1.29, 1.82) is 0 Å². The quantitative estimate of drug-likeness (QED) is 0.291. The molecule has 6 N–H and O–H groups in total. The number of hydrogen-bond donors (Lipinski definition) is 6.